The Bertz CT molecular complexity index is 923. The zero-order chi connectivity index (χ0) is 18.9. The third kappa shape index (κ3) is 4.06. The summed E-state index contributed by atoms with van der Waals surface area (Å²) in [6, 6.07) is 12.6. The van der Waals surface area contributed by atoms with E-state index in [4.69, 9.17) is 10.5 Å². The molecule has 8 nitrogen and oxygen atoms in total. The third-order valence-corrected chi connectivity index (χ3v) is 6.39. The Hall–Kier alpha value is -2.20. The van der Waals surface area contributed by atoms with Crippen molar-refractivity contribution in [3.63, 3.8) is 0 Å². The van der Waals surface area contributed by atoms with Gasteiger partial charge in [0.1, 0.15) is 10.6 Å². The molecule has 1 fully saturated rings. The van der Waals surface area contributed by atoms with E-state index in [1.165, 1.54) is 23.5 Å². The molecule has 1 aliphatic rings. The van der Waals surface area contributed by atoms with Gasteiger partial charge in [-0.2, -0.15) is 4.31 Å². The summed E-state index contributed by atoms with van der Waals surface area (Å²) in [6.07, 6.45) is 0. The van der Waals surface area contributed by atoms with E-state index in [2.05, 4.69) is 0 Å². The van der Waals surface area contributed by atoms with E-state index in [1.54, 1.807) is 0 Å². The lowest BCUT2D eigenvalue weighted by atomic mass is 9.95. The van der Waals surface area contributed by atoms with E-state index < -0.39 is 14.9 Å². The zero-order valence-corrected chi connectivity index (χ0v) is 16.2. The van der Waals surface area contributed by atoms with Crippen molar-refractivity contribution < 1.29 is 18.1 Å². The number of nitro groups is 1. The molecule has 0 radical (unpaired) electrons. The second-order valence-electron chi connectivity index (χ2n) is 6.10. The highest BCUT2D eigenvalue weighted by Crippen LogP contribution is 2.35. The second-order valence-corrected chi connectivity index (χ2v) is 8.00. The molecular weight excluding hydrogens is 394 g/mol. The first-order chi connectivity index (χ1) is 12.3. The van der Waals surface area contributed by atoms with Gasteiger partial charge in [-0.3, -0.25) is 10.1 Å². The van der Waals surface area contributed by atoms with Crippen LogP contribution in [-0.2, 0) is 10.0 Å². The number of halogens is 1. The molecule has 2 aromatic rings. The molecule has 0 spiro atoms. The Balaban J connectivity index is 0.00000261. The first kappa shape index (κ1) is 21.1. The van der Waals surface area contributed by atoms with Crippen molar-refractivity contribution in [3.8, 4) is 5.75 Å². The fourth-order valence-electron chi connectivity index (χ4n) is 3.16. The van der Waals surface area contributed by atoms with Crippen LogP contribution in [0.25, 0.3) is 0 Å². The minimum atomic E-state index is -3.99. The van der Waals surface area contributed by atoms with E-state index in [9.17, 15) is 18.5 Å². The first-order valence-corrected chi connectivity index (χ1v) is 9.41. The van der Waals surface area contributed by atoms with Gasteiger partial charge in [0.25, 0.3) is 5.69 Å². The fourth-order valence-corrected chi connectivity index (χ4v) is 4.84. The van der Waals surface area contributed by atoms with E-state index >= 15 is 0 Å². The van der Waals surface area contributed by atoms with Crippen LogP contribution in [0.5, 0.6) is 5.75 Å². The molecule has 3 rings (SSSR count). The molecule has 10 heteroatoms. The van der Waals surface area contributed by atoms with Gasteiger partial charge in [-0.1, -0.05) is 30.3 Å². The summed E-state index contributed by atoms with van der Waals surface area (Å²) in [5.41, 5.74) is 6.83. The lowest BCUT2D eigenvalue weighted by molar-refractivity contribution is -0.385. The molecule has 1 aliphatic heterocycles. The van der Waals surface area contributed by atoms with E-state index in [0.29, 0.717) is 0 Å². The standard InChI is InChI=1S/C17H19N3O5S.ClH/c1-25-16-8-7-13(20(21)22)9-17(16)26(23,24)19-10-14(15(18)11-19)12-5-3-2-4-6-12;/h2-9,14-15H,10-11,18H2,1H3;1H/t14-,15+;/m0./s1. The van der Waals surface area contributed by atoms with Crippen molar-refractivity contribution in [1.82, 2.24) is 4.31 Å². The van der Waals surface area contributed by atoms with Gasteiger partial charge in [0.05, 0.1) is 12.0 Å². The molecule has 0 aromatic heterocycles. The van der Waals surface area contributed by atoms with Gasteiger partial charge in [0, 0.05) is 37.2 Å². The molecule has 2 atom stereocenters. The minimum absolute atomic E-state index is 0. The number of non-ortho nitro benzene ring substituents is 1. The number of methoxy groups -OCH3 is 1. The molecule has 0 unspecified atom stereocenters. The van der Waals surface area contributed by atoms with Crippen molar-refractivity contribution in [2.75, 3.05) is 20.2 Å². The number of sulfonamides is 1. The lowest BCUT2D eigenvalue weighted by Gasteiger charge is -2.18. The van der Waals surface area contributed by atoms with Gasteiger partial charge in [-0.25, -0.2) is 8.42 Å². The normalized spacial score (nSPS) is 20.1. The van der Waals surface area contributed by atoms with Crippen LogP contribution < -0.4 is 10.5 Å². The Morgan fingerprint density at radius 3 is 2.44 bits per heavy atom. The van der Waals surface area contributed by atoms with Crippen LogP contribution in [0, 0.1) is 10.1 Å². The van der Waals surface area contributed by atoms with Crippen LogP contribution in [0.15, 0.2) is 53.4 Å². The smallest absolute Gasteiger partial charge is 0.271 e. The molecule has 0 saturated carbocycles. The van der Waals surface area contributed by atoms with E-state index in [-0.39, 0.29) is 53.8 Å². The number of hydrogen-bond acceptors (Lipinski definition) is 6. The number of ether oxygens (including phenoxy) is 1. The highest BCUT2D eigenvalue weighted by Gasteiger charge is 2.39. The highest BCUT2D eigenvalue weighted by atomic mass is 35.5. The zero-order valence-electron chi connectivity index (χ0n) is 14.5. The van der Waals surface area contributed by atoms with Crippen molar-refractivity contribution in [1.29, 1.82) is 0 Å². The lowest BCUT2D eigenvalue weighted by Crippen LogP contribution is -2.32. The predicted molar refractivity (Wildman–Crippen MR) is 103 cm³/mol. The molecule has 27 heavy (non-hydrogen) atoms. The van der Waals surface area contributed by atoms with Crippen LogP contribution in [0.2, 0.25) is 0 Å². The first-order valence-electron chi connectivity index (χ1n) is 7.97. The largest absolute Gasteiger partial charge is 0.495 e. The molecule has 0 amide bonds. The van der Waals surface area contributed by atoms with Gasteiger partial charge in [0.15, 0.2) is 0 Å². The average Bonchev–Trinajstić information content (AvgIpc) is 3.04. The maximum absolute atomic E-state index is 13.1. The van der Waals surface area contributed by atoms with Crippen molar-refractivity contribution in [3.05, 3.63) is 64.2 Å². The maximum atomic E-state index is 13.1. The molecule has 1 saturated heterocycles. The second kappa shape index (κ2) is 8.22. The summed E-state index contributed by atoms with van der Waals surface area (Å²) >= 11 is 0. The SMILES string of the molecule is COc1ccc([N+](=O)[O-])cc1S(=O)(=O)N1C[C@@H](N)[C@H](c2ccccc2)C1.Cl. The quantitative estimate of drug-likeness (QED) is 0.593. The number of rotatable bonds is 5. The van der Waals surface area contributed by atoms with E-state index in [0.717, 1.165) is 11.6 Å². The summed E-state index contributed by atoms with van der Waals surface area (Å²) in [7, 11) is -2.67. The average molecular weight is 414 g/mol. The van der Waals surface area contributed by atoms with Gasteiger partial charge in [-0.15, -0.1) is 12.4 Å². The van der Waals surface area contributed by atoms with E-state index in [1.807, 2.05) is 30.3 Å². The van der Waals surface area contributed by atoms with Gasteiger partial charge in [-0.05, 0) is 11.6 Å². The predicted octanol–water partition coefficient (Wildman–Crippen LogP) is 2.14. The van der Waals surface area contributed by atoms with Crippen LogP contribution in [0.4, 0.5) is 5.69 Å². The monoisotopic (exact) mass is 413 g/mol. The van der Waals surface area contributed by atoms with Crippen LogP contribution in [0.3, 0.4) is 0 Å². The molecular formula is C17H20ClN3O5S. The minimum Gasteiger partial charge on any atom is -0.495 e. The molecule has 2 aromatic carbocycles. The molecule has 0 bridgehead atoms. The number of nitrogens with zero attached hydrogens (tertiary/aromatic N) is 2. The highest BCUT2D eigenvalue weighted by molar-refractivity contribution is 7.89. The van der Waals surface area contributed by atoms with Crippen LogP contribution in [-0.4, -0.2) is 43.9 Å². The summed E-state index contributed by atoms with van der Waals surface area (Å²) in [4.78, 5) is 10.2. The summed E-state index contributed by atoms with van der Waals surface area (Å²) < 4.78 is 32.5. The van der Waals surface area contributed by atoms with Gasteiger partial charge in [0.2, 0.25) is 10.0 Å². The third-order valence-electron chi connectivity index (χ3n) is 4.54. The van der Waals surface area contributed by atoms with Crippen molar-refractivity contribution >= 4 is 28.1 Å². The molecule has 1 heterocycles. The van der Waals surface area contributed by atoms with Crippen LogP contribution >= 0.6 is 12.4 Å². The molecule has 2 N–H and O–H groups in total. The summed E-state index contributed by atoms with van der Waals surface area (Å²) in [5.74, 6) is -0.0806. The Morgan fingerprint density at radius 1 is 1.19 bits per heavy atom. The number of nitro benzene ring substituents is 1. The Labute approximate surface area is 163 Å². The van der Waals surface area contributed by atoms with Gasteiger partial charge < -0.3 is 10.5 Å². The Morgan fingerprint density at radius 2 is 1.85 bits per heavy atom. The number of nitrogens with two attached hydrogens (primary N) is 1. The van der Waals surface area contributed by atoms with Gasteiger partial charge >= 0.3 is 0 Å². The number of benzene rings is 2. The van der Waals surface area contributed by atoms with Crippen molar-refractivity contribution in [2.45, 2.75) is 16.9 Å². The summed E-state index contributed by atoms with van der Waals surface area (Å²) in [6.45, 7) is 0.340. The summed E-state index contributed by atoms with van der Waals surface area (Å²) in [5, 5.41) is 11.0. The Kier molecular flexibility index (Phi) is 6.42. The molecule has 146 valence electrons. The van der Waals surface area contributed by atoms with Crippen molar-refractivity contribution in [2.24, 2.45) is 5.73 Å². The topological polar surface area (TPSA) is 116 Å². The number of hydrogen-bond donors (Lipinski definition) is 1. The fraction of sp³-hybridized carbons (Fsp3) is 0.294. The maximum Gasteiger partial charge on any atom is 0.271 e. The van der Waals surface area contributed by atoms with Crippen LogP contribution in [0.1, 0.15) is 11.5 Å². The molecule has 0 aliphatic carbocycles.